The standard InChI is InChI=1S/C16H16F2N2O4S/c1-25(22,23)20-13-8-6-11(7-9-13)15(21)19-10-12-4-2-3-5-14(12)24-16(17)18/h2-9,16,20H,10H2,1H3,(H,19,21). The zero-order valence-electron chi connectivity index (χ0n) is 13.2. The van der Waals surface area contributed by atoms with Gasteiger partial charge in [0.15, 0.2) is 0 Å². The average molecular weight is 370 g/mol. The fourth-order valence-electron chi connectivity index (χ4n) is 2.04. The number of carbonyl (C=O) groups is 1. The maximum absolute atomic E-state index is 12.4. The fraction of sp³-hybridized carbons (Fsp3) is 0.188. The van der Waals surface area contributed by atoms with Crippen molar-refractivity contribution >= 4 is 21.6 Å². The Morgan fingerprint density at radius 3 is 2.36 bits per heavy atom. The summed E-state index contributed by atoms with van der Waals surface area (Å²) in [6.07, 6.45) is 1.02. The van der Waals surface area contributed by atoms with Crippen LogP contribution >= 0.6 is 0 Å². The number of hydrogen-bond acceptors (Lipinski definition) is 4. The van der Waals surface area contributed by atoms with Crippen molar-refractivity contribution in [3.8, 4) is 5.75 Å². The molecule has 134 valence electrons. The van der Waals surface area contributed by atoms with Gasteiger partial charge in [-0.25, -0.2) is 8.42 Å². The molecule has 0 atom stereocenters. The molecule has 0 bridgehead atoms. The summed E-state index contributed by atoms with van der Waals surface area (Å²) >= 11 is 0. The van der Waals surface area contributed by atoms with Crippen LogP contribution in [-0.2, 0) is 16.6 Å². The minimum absolute atomic E-state index is 0.00503. The number of rotatable bonds is 7. The highest BCUT2D eigenvalue weighted by atomic mass is 32.2. The molecule has 2 rings (SSSR count). The second-order valence-corrected chi connectivity index (χ2v) is 6.87. The fourth-order valence-corrected chi connectivity index (χ4v) is 2.61. The summed E-state index contributed by atoms with van der Waals surface area (Å²) in [5.74, 6) is -0.441. The number of alkyl halides is 2. The summed E-state index contributed by atoms with van der Waals surface area (Å²) in [5.41, 5.74) is 1.03. The molecule has 0 aliphatic heterocycles. The van der Waals surface area contributed by atoms with Gasteiger partial charge in [0.25, 0.3) is 5.91 Å². The van der Waals surface area contributed by atoms with E-state index in [0.717, 1.165) is 6.26 Å². The lowest BCUT2D eigenvalue weighted by Crippen LogP contribution is -2.23. The molecule has 6 nitrogen and oxygen atoms in total. The van der Waals surface area contributed by atoms with Gasteiger partial charge in [-0.3, -0.25) is 9.52 Å². The van der Waals surface area contributed by atoms with Crippen LogP contribution in [0.1, 0.15) is 15.9 Å². The summed E-state index contributed by atoms with van der Waals surface area (Å²) in [5, 5.41) is 2.59. The minimum atomic E-state index is -3.40. The first-order valence-corrected chi connectivity index (χ1v) is 9.02. The average Bonchev–Trinajstić information content (AvgIpc) is 2.52. The van der Waals surface area contributed by atoms with E-state index < -0.39 is 22.5 Å². The van der Waals surface area contributed by atoms with Crippen molar-refractivity contribution in [3.05, 3.63) is 59.7 Å². The zero-order chi connectivity index (χ0) is 18.4. The van der Waals surface area contributed by atoms with Crippen molar-refractivity contribution in [3.63, 3.8) is 0 Å². The number of hydrogen-bond donors (Lipinski definition) is 2. The van der Waals surface area contributed by atoms with Crippen LogP contribution in [0.25, 0.3) is 0 Å². The van der Waals surface area contributed by atoms with E-state index in [1.165, 1.54) is 30.3 Å². The molecule has 25 heavy (non-hydrogen) atoms. The van der Waals surface area contributed by atoms with Gasteiger partial charge >= 0.3 is 6.61 Å². The Hall–Kier alpha value is -2.68. The summed E-state index contributed by atoms with van der Waals surface area (Å²) < 4.78 is 53.7. The number of nitrogens with one attached hydrogen (secondary N) is 2. The van der Waals surface area contributed by atoms with E-state index in [0.29, 0.717) is 16.8 Å². The molecular formula is C16H16F2N2O4S. The third kappa shape index (κ3) is 6.03. The molecule has 0 radical (unpaired) electrons. The smallest absolute Gasteiger partial charge is 0.387 e. The lowest BCUT2D eigenvalue weighted by Gasteiger charge is -2.11. The van der Waals surface area contributed by atoms with Crippen LogP contribution in [0.5, 0.6) is 5.75 Å². The second kappa shape index (κ2) is 7.93. The molecule has 0 aromatic heterocycles. The van der Waals surface area contributed by atoms with Crippen LogP contribution < -0.4 is 14.8 Å². The van der Waals surface area contributed by atoms with Gasteiger partial charge < -0.3 is 10.1 Å². The Balaban J connectivity index is 2.01. The Morgan fingerprint density at radius 2 is 1.76 bits per heavy atom. The largest absolute Gasteiger partial charge is 0.434 e. The normalized spacial score (nSPS) is 11.2. The molecular weight excluding hydrogens is 354 g/mol. The molecule has 2 aromatic carbocycles. The van der Waals surface area contributed by atoms with Gasteiger partial charge in [0.1, 0.15) is 5.75 Å². The summed E-state index contributed by atoms with van der Waals surface area (Å²) in [6.45, 7) is -2.95. The molecule has 2 N–H and O–H groups in total. The molecule has 0 aliphatic carbocycles. The molecule has 0 unspecified atom stereocenters. The van der Waals surface area contributed by atoms with Crippen molar-refractivity contribution in [2.24, 2.45) is 0 Å². The molecule has 0 saturated carbocycles. The van der Waals surface area contributed by atoms with Crippen LogP contribution in [0.2, 0.25) is 0 Å². The molecule has 9 heteroatoms. The minimum Gasteiger partial charge on any atom is -0.434 e. The van der Waals surface area contributed by atoms with Gasteiger partial charge in [-0.15, -0.1) is 0 Å². The van der Waals surface area contributed by atoms with Crippen LogP contribution in [0.4, 0.5) is 14.5 Å². The highest BCUT2D eigenvalue weighted by molar-refractivity contribution is 7.92. The molecule has 0 aliphatic rings. The Morgan fingerprint density at radius 1 is 1.12 bits per heavy atom. The first-order chi connectivity index (χ1) is 11.7. The van der Waals surface area contributed by atoms with Gasteiger partial charge in [0.05, 0.1) is 6.26 Å². The van der Waals surface area contributed by atoms with E-state index >= 15 is 0 Å². The van der Waals surface area contributed by atoms with E-state index in [-0.39, 0.29) is 12.3 Å². The van der Waals surface area contributed by atoms with Crippen molar-refractivity contribution in [2.45, 2.75) is 13.2 Å². The monoisotopic (exact) mass is 370 g/mol. The SMILES string of the molecule is CS(=O)(=O)Nc1ccc(C(=O)NCc2ccccc2OC(F)F)cc1. The molecule has 0 fully saturated rings. The van der Waals surface area contributed by atoms with Crippen LogP contribution in [-0.4, -0.2) is 27.2 Å². The highest BCUT2D eigenvalue weighted by Crippen LogP contribution is 2.20. The van der Waals surface area contributed by atoms with E-state index in [1.54, 1.807) is 18.2 Å². The molecule has 0 heterocycles. The van der Waals surface area contributed by atoms with E-state index in [9.17, 15) is 22.0 Å². The number of amides is 1. The van der Waals surface area contributed by atoms with Gasteiger partial charge in [-0.05, 0) is 30.3 Å². The number of carbonyl (C=O) groups excluding carboxylic acids is 1. The van der Waals surface area contributed by atoms with E-state index in [1.807, 2.05) is 0 Å². The van der Waals surface area contributed by atoms with Crippen molar-refractivity contribution in [1.29, 1.82) is 0 Å². The Kier molecular flexibility index (Phi) is 5.92. The number of ether oxygens (including phenoxy) is 1. The maximum Gasteiger partial charge on any atom is 0.387 e. The number of anilines is 1. The summed E-state index contributed by atoms with van der Waals surface area (Å²) in [7, 11) is -3.40. The van der Waals surface area contributed by atoms with Crippen molar-refractivity contribution in [2.75, 3.05) is 11.0 Å². The Bertz CT molecular complexity index is 839. The highest BCUT2D eigenvalue weighted by Gasteiger charge is 2.11. The lowest BCUT2D eigenvalue weighted by atomic mass is 10.1. The zero-order valence-corrected chi connectivity index (χ0v) is 14.0. The van der Waals surface area contributed by atoms with Gasteiger partial charge in [0, 0.05) is 23.4 Å². The van der Waals surface area contributed by atoms with Gasteiger partial charge in [0.2, 0.25) is 10.0 Å². The second-order valence-electron chi connectivity index (χ2n) is 5.12. The maximum atomic E-state index is 12.4. The number of para-hydroxylation sites is 1. The first-order valence-electron chi connectivity index (χ1n) is 7.13. The molecule has 0 spiro atoms. The van der Waals surface area contributed by atoms with Crippen LogP contribution in [0, 0.1) is 0 Å². The van der Waals surface area contributed by atoms with Crippen LogP contribution in [0.3, 0.4) is 0 Å². The van der Waals surface area contributed by atoms with Gasteiger partial charge in [-0.1, -0.05) is 18.2 Å². The van der Waals surface area contributed by atoms with Crippen LogP contribution in [0.15, 0.2) is 48.5 Å². The predicted octanol–water partition coefficient (Wildman–Crippen LogP) is 2.59. The number of sulfonamides is 1. The quantitative estimate of drug-likeness (QED) is 0.785. The Labute approximate surface area is 143 Å². The molecule has 2 aromatic rings. The third-order valence-corrected chi connectivity index (χ3v) is 3.68. The topological polar surface area (TPSA) is 84.5 Å². The van der Waals surface area contributed by atoms with E-state index in [2.05, 4.69) is 14.8 Å². The predicted molar refractivity (Wildman–Crippen MR) is 89.2 cm³/mol. The summed E-state index contributed by atoms with van der Waals surface area (Å²) in [6, 6.07) is 11.9. The summed E-state index contributed by atoms with van der Waals surface area (Å²) in [4.78, 5) is 12.1. The van der Waals surface area contributed by atoms with Crippen molar-refractivity contribution in [1.82, 2.24) is 5.32 Å². The molecule has 1 amide bonds. The van der Waals surface area contributed by atoms with Crippen molar-refractivity contribution < 1.29 is 26.7 Å². The molecule has 0 saturated heterocycles. The number of benzene rings is 2. The van der Waals surface area contributed by atoms with E-state index in [4.69, 9.17) is 0 Å². The third-order valence-electron chi connectivity index (χ3n) is 3.08. The lowest BCUT2D eigenvalue weighted by molar-refractivity contribution is -0.0504. The first kappa shape index (κ1) is 18.7. The number of halogens is 2. The van der Waals surface area contributed by atoms with Gasteiger partial charge in [-0.2, -0.15) is 8.78 Å².